The largest absolute Gasteiger partial charge is 0.468 e. The second-order valence-corrected chi connectivity index (χ2v) is 3.96. The van der Waals surface area contributed by atoms with Crippen LogP contribution in [0.1, 0.15) is 17.6 Å². The van der Waals surface area contributed by atoms with E-state index in [1.165, 1.54) is 7.11 Å². The molecule has 2 rings (SSSR count). The molecule has 1 atom stereocenters. The van der Waals surface area contributed by atoms with E-state index in [2.05, 4.69) is 14.7 Å². The number of hydrogen-bond acceptors (Lipinski definition) is 4. The minimum atomic E-state index is -0.883. The summed E-state index contributed by atoms with van der Waals surface area (Å²) in [5.74, 6) is -0.0958. The number of nitrogens with one attached hydrogen (secondary N) is 1. The number of nitrogens with two attached hydrogens (primary N) is 1. The summed E-state index contributed by atoms with van der Waals surface area (Å²) in [4.78, 5) is 18.8. The fourth-order valence-corrected chi connectivity index (χ4v) is 1.75. The number of H-pyrrole nitrogens is 1. The van der Waals surface area contributed by atoms with Crippen molar-refractivity contribution in [3.05, 3.63) is 41.9 Å². The second kappa shape index (κ2) is 5.01. The first-order chi connectivity index (χ1) is 8.63. The number of carbonyl (C=O) groups excluding carboxylic acids is 1. The van der Waals surface area contributed by atoms with Gasteiger partial charge in [-0.25, -0.2) is 9.78 Å². The average Bonchev–Trinajstić information content (AvgIpc) is 2.80. The van der Waals surface area contributed by atoms with Gasteiger partial charge in [-0.3, -0.25) is 0 Å². The predicted molar refractivity (Wildman–Crippen MR) is 67.7 cm³/mol. The zero-order valence-corrected chi connectivity index (χ0v) is 10.3. The average molecular weight is 245 g/mol. The number of methoxy groups -OCH3 is 1. The molecule has 2 aromatic rings. The van der Waals surface area contributed by atoms with Crippen LogP contribution in [0.5, 0.6) is 0 Å². The first-order valence-corrected chi connectivity index (χ1v) is 5.59. The second-order valence-electron chi connectivity index (χ2n) is 3.96. The van der Waals surface area contributed by atoms with E-state index in [1.807, 2.05) is 37.3 Å². The van der Waals surface area contributed by atoms with Crippen LogP contribution in [-0.4, -0.2) is 23.0 Å². The van der Waals surface area contributed by atoms with Crippen molar-refractivity contribution in [2.45, 2.75) is 13.0 Å². The van der Waals surface area contributed by atoms with Crippen LogP contribution in [0.3, 0.4) is 0 Å². The Balaban J connectivity index is 2.36. The minimum absolute atomic E-state index is 0.415. The van der Waals surface area contributed by atoms with Gasteiger partial charge >= 0.3 is 5.97 Å². The molecule has 0 aliphatic rings. The van der Waals surface area contributed by atoms with E-state index in [1.54, 1.807) is 0 Å². The molecule has 0 spiro atoms. The van der Waals surface area contributed by atoms with E-state index >= 15 is 0 Å². The minimum Gasteiger partial charge on any atom is -0.468 e. The van der Waals surface area contributed by atoms with Crippen LogP contribution in [0.2, 0.25) is 0 Å². The van der Waals surface area contributed by atoms with Gasteiger partial charge in [0, 0.05) is 11.3 Å². The summed E-state index contributed by atoms with van der Waals surface area (Å²) in [6.45, 7) is 1.89. The number of imidazole rings is 1. The highest BCUT2D eigenvalue weighted by Crippen LogP contribution is 2.22. The number of benzene rings is 1. The number of aromatic nitrogens is 2. The SMILES string of the molecule is COC(=O)C(N)c1nc(-c2ccccc2)c(C)[nH]1. The molecule has 5 nitrogen and oxygen atoms in total. The summed E-state index contributed by atoms with van der Waals surface area (Å²) < 4.78 is 4.60. The number of esters is 1. The van der Waals surface area contributed by atoms with Gasteiger partial charge in [0.1, 0.15) is 5.82 Å². The molecule has 1 aromatic carbocycles. The predicted octanol–water partition coefficient (Wildman–Crippen LogP) is 1.56. The number of hydrogen-bond donors (Lipinski definition) is 2. The smallest absolute Gasteiger partial charge is 0.330 e. The summed E-state index contributed by atoms with van der Waals surface area (Å²) in [7, 11) is 1.30. The monoisotopic (exact) mass is 245 g/mol. The number of carbonyl (C=O) groups is 1. The molecule has 3 N–H and O–H groups in total. The lowest BCUT2D eigenvalue weighted by molar-refractivity contribution is -0.142. The normalized spacial score (nSPS) is 12.2. The van der Waals surface area contributed by atoms with Crippen LogP contribution >= 0.6 is 0 Å². The van der Waals surface area contributed by atoms with Crippen LogP contribution in [-0.2, 0) is 9.53 Å². The van der Waals surface area contributed by atoms with Crippen molar-refractivity contribution in [3.63, 3.8) is 0 Å². The van der Waals surface area contributed by atoms with Crippen LogP contribution in [0.25, 0.3) is 11.3 Å². The highest BCUT2D eigenvalue weighted by atomic mass is 16.5. The lowest BCUT2D eigenvalue weighted by atomic mass is 10.1. The molecule has 0 radical (unpaired) electrons. The van der Waals surface area contributed by atoms with Gasteiger partial charge in [-0.2, -0.15) is 0 Å². The first-order valence-electron chi connectivity index (χ1n) is 5.59. The maximum absolute atomic E-state index is 11.4. The highest BCUT2D eigenvalue weighted by molar-refractivity contribution is 5.76. The standard InChI is InChI=1S/C13H15N3O2/c1-8-11(9-6-4-3-5-7-9)16-12(15-8)10(14)13(17)18-2/h3-7,10H,14H2,1-2H3,(H,15,16). The maximum atomic E-state index is 11.4. The molecule has 0 bridgehead atoms. The van der Waals surface area contributed by atoms with Gasteiger partial charge in [-0.05, 0) is 6.92 Å². The molecule has 18 heavy (non-hydrogen) atoms. The molecule has 0 saturated carbocycles. The number of aryl methyl sites for hydroxylation is 1. The Hall–Kier alpha value is -2.14. The Bertz CT molecular complexity index is 549. The lowest BCUT2D eigenvalue weighted by Gasteiger charge is -2.04. The maximum Gasteiger partial charge on any atom is 0.330 e. The first kappa shape index (κ1) is 12.3. The van der Waals surface area contributed by atoms with Crippen LogP contribution in [0.15, 0.2) is 30.3 Å². The summed E-state index contributed by atoms with van der Waals surface area (Å²) >= 11 is 0. The van der Waals surface area contributed by atoms with Gasteiger partial charge in [0.2, 0.25) is 0 Å². The number of nitrogens with zero attached hydrogens (tertiary/aromatic N) is 1. The number of aromatic amines is 1. The zero-order chi connectivity index (χ0) is 13.1. The Morgan fingerprint density at radius 3 is 2.67 bits per heavy atom. The molecule has 0 saturated heterocycles. The zero-order valence-electron chi connectivity index (χ0n) is 10.3. The molecule has 0 amide bonds. The molecule has 1 heterocycles. The molecule has 1 aromatic heterocycles. The van der Waals surface area contributed by atoms with Gasteiger partial charge in [-0.15, -0.1) is 0 Å². The van der Waals surface area contributed by atoms with Crippen LogP contribution in [0, 0.1) is 6.92 Å². The van der Waals surface area contributed by atoms with E-state index in [9.17, 15) is 4.79 Å². The van der Waals surface area contributed by atoms with E-state index in [-0.39, 0.29) is 0 Å². The van der Waals surface area contributed by atoms with E-state index in [0.717, 1.165) is 17.0 Å². The molecule has 1 unspecified atom stereocenters. The van der Waals surface area contributed by atoms with Crippen molar-refractivity contribution in [1.29, 1.82) is 0 Å². The van der Waals surface area contributed by atoms with Crippen LogP contribution in [0.4, 0.5) is 0 Å². The van der Waals surface area contributed by atoms with Crippen molar-refractivity contribution < 1.29 is 9.53 Å². The summed E-state index contributed by atoms with van der Waals surface area (Å²) in [5, 5.41) is 0. The van der Waals surface area contributed by atoms with Gasteiger partial charge < -0.3 is 15.5 Å². The fourth-order valence-electron chi connectivity index (χ4n) is 1.75. The van der Waals surface area contributed by atoms with Crippen molar-refractivity contribution in [2.75, 3.05) is 7.11 Å². The van der Waals surface area contributed by atoms with Gasteiger partial charge in [-0.1, -0.05) is 30.3 Å². The van der Waals surface area contributed by atoms with Gasteiger partial charge in [0.15, 0.2) is 6.04 Å². The summed E-state index contributed by atoms with van der Waals surface area (Å²) in [6.07, 6.45) is 0. The summed E-state index contributed by atoms with van der Waals surface area (Å²) in [5.41, 5.74) is 8.39. The van der Waals surface area contributed by atoms with Crippen LogP contribution < -0.4 is 5.73 Å². The Morgan fingerprint density at radius 2 is 2.06 bits per heavy atom. The van der Waals surface area contributed by atoms with E-state index in [0.29, 0.717) is 5.82 Å². The Labute approximate surface area is 105 Å². The molecule has 5 heteroatoms. The Kier molecular flexibility index (Phi) is 3.43. The molecule has 0 fully saturated rings. The molecular formula is C13H15N3O2. The number of rotatable bonds is 3. The van der Waals surface area contributed by atoms with E-state index in [4.69, 9.17) is 5.73 Å². The van der Waals surface area contributed by atoms with Crippen molar-refractivity contribution in [1.82, 2.24) is 9.97 Å². The third-order valence-corrected chi connectivity index (χ3v) is 2.70. The third kappa shape index (κ3) is 2.26. The third-order valence-electron chi connectivity index (χ3n) is 2.70. The molecule has 0 aliphatic carbocycles. The van der Waals surface area contributed by atoms with Gasteiger partial charge in [0.05, 0.1) is 12.8 Å². The topological polar surface area (TPSA) is 81.0 Å². The van der Waals surface area contributed by atoms with Crippen molar-refractivity contribution >= 4 is 5.97 Å². The summed E-state index contributed by atoms with van der Waals surface area (Å²) in [6, 6.07) is 8.83. The van der Waals surface area contributed by atoms with Gasteiger partial charge in [0.25, 0.3) is 0 Å². The lowest BCUT2D eigenvalue weighted by Crippen LogP contribution is -2.23. The number of ether oxygens (including phenoxy) is 1. The molecule has 0 aliphatic heterocycles. The van der Waals surface area contributed by atoms with Crippen molar-refractivity contribution in [3.8, 4) is 11.3 Å². The fraction of sp³-hybridized carbons (Fsp3) is 0.231. The quantitative estimate of drug-likeness (QED) is 0.804. The van der Waals surface area contributed by atoms with Crippen molar-refractivity contribution in [2.24, 2.45) is 5.73 Å². The van der Waals surface area contributed by atoms with E-state index < -0.39 is 12.0 Å². The molecular weight excluding hydrogens is 230 g/mol. The molecule has 94 valence electrons. The highest BCUT2D eigenvalue weighted by Gasteiger charge is 2.21. The Morgan fingerprint density at radius 1 is 1.39 bits per heavy atom.